The molecule has 64 valence electrons. The highest BCUT2D eigenvalue weighted by atomic mass is 127. The number of benzene rings is 1. The van der Waals surface area contributed by atoms with Crippen molar-refractivity contribution in [3.05, 3.63) is 38.3 Å². The molecule has 1 aromatic carbocycles. The summed E-state index contributed by atoms with van der Waals surface area (Å²) in [6, 6.07) is 8.56. The Morgan fingerprint density at radius 1 is 1.33 bits per heavy atom. The van der Waals surface area contributed by atoms with E-state index in [4.69, 9.17) is 0 Å². The normalized spacial score (nSPS) is 11.8. The van der Waals surface area contributed by atoms with E-state index in [-0.39, 0.29) is 0 Å². The van der Waals surface area contributed by atoms with Gasteiger partial charge in [-0.05, 0) is 47.4 Å². The number of thioether (sulfide) groups is 1. The average molecular weight is 290 g/mol. The fraction of sp³-hybridized carbons (Fsp3) is 0.200. The lowest BCUT2D eigenvalue weighted by molar-refractivity contribution is 1.46. The van der Waals surface area contributed by atoms with Gasteiger partial charge in [0.15, 0.2) is 0 Å². The average Bonchev–Trinajstić information content (AvgIpc) is 2.09. The fourth-order valence-electron chi connectivity index (χ4n) is 0.853. The van der Waals surface area contributed by atoms with Crippen molar-refractivity contribution in [1.29, 1.82) is 0 Å². The maximum atomic E-state index is 2.34. The lowest BCUT2D eigenvalue weighted by atomic mass is 10.2. The molecular weight excluding hydrogens is 279 g/mol. The van der Waals surface area contributed by atoms with Gasteiger partial charge in [-0.3, -0.25) is 0 Å². The first kappa shape index (κ1) is 10.1. The SMILES string of the molecule is CS/C(I)=C/c1ccc(C)cc1. The highest BCUT2D eigenvalue weighted by Crippen LogP contribution is 2.22. The van der Waals surface area contributed by atoms with Crippen LogP contribution in [0.2, 0.25) is 0 Å². The molecule has 0 radical (unpaired) electrons. The molecule has 2 heteroatoms. The Kier molecular flexibility index (Phi) is 4.15. The summed E-state index contributed by atoms with van der Waals surface area (Å²) < 4.78 is 1.32. The van der Waals surface area contributed by atoms with Crippen LogP contribution in [0.4, 0.5) is 0 Å². The van der Waals surface area contributed by atoms with E-state index >= 15 is 0 Å². The zero-order chi connectivity index (χ0) is 8.97. The minimum absolute atomic E-state index is 1.28. The maximum absolute atomic E-state index is 2.34. The Morgan fingerprint density at radius 2 is 1.92 bits per heavy atom. The van der Waals surface area contributed by atoms with Crippen LogP contribution in [0.15, 0.2) is 27.2 Å². The van der Waals surface area contributed by atoms with Gasteiger partial charge in [-0.15, -0.1) is 11.8 Å². The summed E-state index contributed by atoms with van der Waals surface area (Å²) in [4.78, 5) is 0. The number of hydrogen-bond acceptors (Lipinski definition) is 1. The number of rotatable bonds is 2. The third-order valence-corrected chi connectivity index (χ3v) is 3.69. The van der Waals surface area contributed by atoms with E-state index in [0.717, 1.165) is 0 Å². The lowest BCUT2D eigenvalue weighted by Crippen LogP contribution is -1.73. The monoisotopic (exact) mass is 290 g/mol. The zero-order valence-electron chi connectivity index (χ0n) is 7.17. The minimum Gasteiger partial charge on any atom is -0.123 e. The van der Waals surface area contributed by atoms with Gasteiger partial charge in [0.05, 0.1) is 0 Å². The van der Waals surface area contributed by atoms with Crippen molar-refractivity contribution in [2.24, 2.45) is 0 Å². The van der Waals surface area contributed by atoms with Crippen LogP contribution in [0.5, 0.6) is 0 Å². The van der Waals surface area contributed by atoms with E-state index in [1.807, 2.05) is 0 Å². The summed E-state index contributed by atoms with van der Waals surface area (Å²) in [6.07, 6.45) is 4.27. The van der Waals surface area contributed by atoms with Crippen LogP contribution in [-0.2, 0) is 0 Å². The molecule has 0 saturated carbocycles. The van der Waals surface area contributed by atoms with Crippen molar-refractivity contribution in [2.45, 2.75) is 6.92 Å². The Bertz CT molecular complexity index is 274. The largest absolute Gasteiger partial charge is 0.123 e. The van der Waals surface area contributed by atoms with Crippen LogP contribution in [0, 0.1) is 6.92 Å². The molecule has 0 fully saturated rings. The third-order valence-electron chi connectivity index (χ3n) is 1.55. The molecule has 0 aromatic heterocycles. The van der Waals surface area contributed by atoms with Crippen molar-refractivity contribution in [3.63, 3.8) is 0 Å². The Hall–Kier alpha value is 0.0400. The highest BCUT2D eigenvalue weighted by Gasteiger charge is 1.89. The molecule has 0 spiro atoms. The summed E-state index contributed by atoms with van der Waals surface area (Å²) in [5, 5.41) is 0. The summed E-state index contributed by atoms with van der Waals surface area (Å²) in [7, 11) is 0. The zero-order valence-corrected chi connectivity index (χ0v) is 10.1. The summed E-state index contributed by atoms with van der Waals surface area (Å²) in [5.74, 6) is 0. The highest BCUT2D eigenvalue weighted by molar-refractivity contribution is 14.1. The van der Waals surface area contributed by atoms with Crippen LogP contribution in [-0.4, -0.2) is 6.26 Å². The second-order valence-electron chi connectivity index (χ2n) is 2.56. The first-order chi connectivity index (χ1) is 5.72. The quantitative estimate of drug-likeness (QED) is 0.739. The van der Waals surface area contributed by atoms with E-state index < -0.39 is 0 Å². The van der Waals surface area contributed by atoms with E-state index in [0.29, 0.717) is 0 Å². The molecule has 12 heavy (non-hydrogen) atoms. The molecule has 1 aromatic rings. The molecule has 0 atom stereocenters. The van der Waals surface area contributed by atoms with Crippen molar-refractivity contribution in [2.75, 3.05) is 6.26 Å². The van der Waals surface area contributed by atoms with E-state index in [2.05, 4.69) is 66.1 Å². The summed E-state index contributed by atoms with van der Waals surface area (Å²) in [5.41, 5.74) is 2.59. The Labute approximate surface area is 91.6 Å². The van der Waals surface area contributed by atoms with Crippen molar-refractivity contribution in [3.8, 4) is 0 Å². The minimum atomic E-state index is 1.28. The van der Waals surface area contributed by atoms with Gasteiger partial charge in [0.1, 0.15) is 0 Å². The maximum Gasteiger partial charge on any atom is 0.0460 e. The topological polar surface area (TPSA) is 0 Å². The standard InChI is InChI=1S/C10H11IS/c1-8-3-5-9(6-4-8)7-10(11)12-2/h3-7H,1-2H3/b10-7+. The second kappa shape index (κ2) is 4.92. The lowest BCUT2D eigenvalue weighted by Gasteiger charge is -1.96. The van der Waals surface area contributed by atoms with Crippen molar-refractivity contribution < 1.29 is 0 Å². The Balaban J connectivity index is 2.84. The first-order valence-electron chi connectivity index (χ1n) is 3.70. The van der Waals surface area contributed by atoms with Gasteiger partial charge < -0.3 is 0 Å². The number of halogens is 1. The predicted octanol–water partition coefficient (Wildman–Crippen LogP) is 4.09. The van der Waals surface area contributed by atoms with Crippen LogP contribution >= 0.6 is 34.4 Å². The molecule has 0 amide bonds. The third kappa shape index (κ3) is 3.19. The van der Waals surface area contributed by atoms with Crippen LogP contribution < -0.4 is 0 Å². The molecule has 0 nitrogen and oxygen atoms in total. The molecule has 0 aliphatic carbocycles. The number of hydrogen-bond donors (Lipinski definition) is 0. The van der Waals surface area contributed by atoms with Crippen molar-refractivity contribution >= 4 is 40.4 Å². The molecule has 0 N–H and O–H groups in total. The van der Waals surface area contributed by atoms with Gasteiger partial charge in [0, 0.05) is 2.91 Å². The fourth-order valence-corrected chi connectivity index (χ4v) is 1.47. The molecule has 0 aliphatic rings. The van der Waals surface area contributed by atoms with Gasteiger partial charge >= 0.3 is 0 Å². The number of aryl methyl sites for hydroxylation is 1. The summed E-state index contributed by atoms with van der Waals surface area (Å²) >= 11 is 4.11. The van der Waals surface area contributed by atoms with E-state index in [1.54, 1.807) is 11.8 Å². The smallest absolute Gasteiger partial charge is 0.0460 e. The van der Waals surface area contributed by atoms with Gasteiger partial charge in [-0.2, -0.15) is 0 Å². The van der Waals surface area contributed by atoms with Gasteiger partial charge in [0.25, 0.3) is 0 Å². The second-order valence-corrected chi connectivity index (χ2v) is 5.31. The van der Waals surface area contributed by atoms with Gasteiger partial charge in [0.2, 0.25) is 0 Å². The molecule has 0 heterocycles. The predicted molar refractivity (Wildman–Crippen MR) is 66.7 cm³/mol. The van der Waals surface area contributed by atoms with Crippen LogP contribution in [0.3, 0.4) is 0 Å². The van der Waals surface area contributed by atoms with Gasteiger partial charge in [-0.25, -0.2) is 0 Å². The van der Waals surface area contributed by atoms with Crippen LogP contribution in [0.1, 0.15) is 11.1 Å². The summed E-state index contributed by atoms with van der Waals surface area (Å²) in [6.45, 7) is 2.10. The first-order valence-corrected chi connectivity index (χ1v) is 6.00. The molecule has 0 bridgehead atoms. The molecular formula is C10H11IS. The molecule has 1 rings (SSSR count). The molecule has 0 unspecified atom stereocenters. The Morgan fingerprint density at radius 3 is 2.42 bits per heavy atom. The van der Waals surface area contributed by atoms with Crippen molar-refractivity contribution in [1.82, 2.24) is 0 Å². The van der Waals surface area contributed by atoms with Crippen LogP contribution in [0.25, 0.3) is 6.08 Å². The van der Waals surface area contributed by atoms with Gasteiger partial charge in [-0.1, -0.05) is 29.8 Å². The molecule has 0 saturated heterocycles. The van der Waals surface area contributed by atoms with E-state index in [1.165, 1.54) is 14.0 Å². The molecule has 0 aliphatic heterocycles. The van der Waals surface area contributed by atoms with E-state index in [9.17, 15) is 0 Å².